The second-order valence-electron chi connectivity index (χ2n) is 5.56. The minimum Gasteiger partial charge on any atom is -0.497 e. The van der Waals surface area contributed by atoms with Gasteiger partial charge >= 0.3 is 0 Å². The van der Waals surface area contributed by atoms with Crippen molar-refractivity contribution in [3.8, 4) is 11.5 Å². The normalized spacial score (nSPS) is 21.7. The van der Waals surface area contributed by atoms with E-state index in [-0.39, 0.29) is 5.91 Å². The maximum Gasteiger partial charge on any atom is 0.255 e. The minimum absolute atomic E-state index is 0.124. The molecule has 0 heterocycles. The molecular weight excluding hydrogens is 268 g/mol. The first-order valence-electron chi connectivity index (χ1n) is 7.40. The van der Waals surface area contributed by atoms with Crippen LogP contribution >= 0.6 is 0 Å². The van der Waals surface area contributed by atoms with Crippen LogP contribution in [0.4, 0.5) is 0 Å². The number of rotatable bonds is 5. The molecule has 0 radical (unpaired) electrons. The number of carbonyl (C=O) groups is 1. The van der Waals surface area contributed by atoms with Gasteiger partial charge in [0.2, 0.25) is 0 Å². The van der Waals surface area contributed by atoms with Crippen molar-refractivity contribution >= 4 is 5.91 Å². The number of hydrogen-bond acceptors (Lipinski definition) is 4. The third-order valence-corrected chi connectivity index (χ3v) is 4.09. The summed E-state index contributed by atoms with van der Waals surface area (Å²) in [4.78, 5) is 12.3. The zero-order chi connectivity index (χ0) is 15.2. The third kappa shape index (κ3) is 4.11. The van der Waals surface area contributed by atoms with Gasteiger partial charge in [0.05, 0.1) is 19.8 Å². The average molecular weight is 292 g/mol. The second-order valence-corrected chi connectivity index (χ2v) is 5.56. The molecule has 5 heteroatoms. The van der Waals surface area contributed by atoms with Crippen LogP contribution in [-0.2, 0) is 0 Å². The fourth-order valence-corrected chi connectivity index (χ4v) is 2.72. The van der Waals surface area contributed by atoms with Gasteiger partial charge in [-0.3, -0.25) is 4.79 Å². The number of carbonyl (C=O) groups excluding carboxylic acids is 1. The van der Waals surface area contributed by atoms with Crippen LogP contribution in [0.25, 0.3) is 0 Å². The van der Waals surface area contributed by atoms with Crippen LogP contribution in [0.5, 0.6) is 11.5 Å². The maximum atomic E-state index is 12.3. The van der Waals surface area contributed by atoms with Gasteiger partial charge in [0.1, 0.15) is 11.5 Å². The summed E-state index contributed by atoms with van der Waals surface area (Å²) >= 11 is 0. The Kier molecular flexibility index (Phi) is 5.44. The van der Waals surface area contributed by atoms with Crippen molar-refractivity contribution in [2.24, 2.45) is 11.7 Å². The molecule has 5 nitrogen and oxygen atoms in total. The third-order valence-electron chi connectivity index (χ3n) is 4.09. The quantitative estimate of drug-likeness (QED) is 0.870. The van der Waals surface area contributed by atoms with Gasteiger partial charge in [-0.25, -0.2) is 0 Å². The summed E-state index contributed by atoms with van der Waals surface area (Å²) in [6.45, 7) is 0.686. The smallest absolute Gasteiger partial charge is 0.255 e. The van der Waals surface area contributed by atoms with E-state index in [4.69, 9.17) is 15.2 Å². The number of amides is 1. The zero-order valence-corrected chi connectivity index (χ0v) is 12.7. The SMILES string of the molecule is COc1ccc(OC)c(C(=O)NCC2CCC(N)CC2)c1. The number of benzene rings is 1. The van der Waals surface area contributed by atoms with Crippen LogP contribution in [0.15, 0.2) is 18.2 Å². The predicted molar refractivity (Wildman–Crippen MR) is 81.8 cm³/mol. The molecule has 0 aliphatic heterocycles. The van der Waals surface area contributed by atoms with Gasteiger partial charge in [-0.15, -0.1) is 0 Å². The summed E-state index contributed by atoms with van der Waals surface area (Å²) in [6.07, 6.45) is 4.25. The average Bonchev–Trinajstić information content (AvgIpc) is 2.53. The molecule has 21 heavy (non-hydrogen) atoms. The van der Waals surface area contributed by atoms with Crippen LogP contribution < -0.4 is 20.5 Å². The van der Waals surface area contributed by atoms with Gasteiger partial charge in [-0.2, -0.15) is 0 Å². The molecule has 1 aliphatic rings. The van der Waals surface area contributed by atoms with Crippen LogP contribution in [0.1, 0.15) is 36.0 Å². The van der Waals surface area contributed by atoms with Crippen molar-refractivity contribution in [3.63, 3.8) is 0 Å². The van der Waals surface area contributed by atoms with E-state index in [1.807, 2.05) is 0 Å². The van der Waals surface area contributed by atoms with Crippen LogP contribution in [0.3, 0.4) is 0 Å². The van der Waals surface area contributed by atoms with Gasteiger partial charge in [0.25, 0.3) is 5.91 Å². The summed E-state index contributed by atoms with van der Waals surface area (Å²) in [6, 6.07) is 5.55. The fourth-order valence-electron chi connectivity index (χ4n) is 2.72. The summed E-state index contributed by atoms with van der Waals surface area (Å²) < 4.78 is 10.4. The molecule has 0 saturated heterocycles. The zero-order valence-electron chi connectivity index (χ0n) is 12.7. The van der Waals surface area contributed by atoms with E-state index < -0.39 is 0 Å². The molecular formula is C16H24N2O3. The topological polar surface area (TPSA) is 73.6 Å². The Morgan fingerprint density at radius 2 is 1.95 bits per heavy atom. The highest BCUT2D eigenvalue weighted by molar-refractivity contribution is 5.97. The summed E-state index contributed by atoms with van der Waals surface area (Å²) in [5.74, 6) is 1.59. The first-order chi connectivity index (χ1) is 10.1. The van der Waals surface area contributed by atoms with E-state index >= 15 is 0 Å². The number of ether oxygens (including phenoxy) is 2. The van der Waals surface area contributed by atoms with Crippen molar-refractivity contribution in [3.05, 3.63) is 23.8 Å². The van der Waals surface area contributed by atoms with Crippen LogP contribution in [-0.4, -0.2) is 32.7 Å². The molecule has 1 amide bonds. The summed E-state index contributed by atoms with van der Waals surface area (Å²) in [5, 5.41) is 2.99. The fraction of sp³-hybridized carbons (Fsp3) is 0.562. The monoisotopic (exact) mass is 292 g/mol. The standard InChI is InChI=1S/C16H24N2O3/c1-20-13-7-8-15(21-2)14(9-13)16(19)18-10-11-3-5-12(17)6-4-11/h7-9,11-12H,3-6,10,17H2,1-2H3,(H,18,19). The molecule has 116 valence electrons. The molecule has 1 aromatic rings. The molecule has 0 spiro atoms. The molecule has 1 saturated carbocycles. The van der Waals surface area contributed by atoms with Crippen molar-refractivity contribution in [2.45, 2.75) is 31.7 Å². The Bertz CT molecular complexity index is 482. The lowest BCUT2D eigenvalue weighted by Gasteiger charge is -2.26. The molecule has 2 rings (SSSR count). The van der Waals surface area contributed by atoms with Crippen LogP contribution in [0.2, 0.25) is 0 Å². The van der Waals surface area contributed by atoms with Crippen LogP contribution in [0, 0.1) is 5.92 Å². The van der Waals surface area contributed by atoms with Gasteiger partial charge in [-0.1, -0.05) is 0 Å². The predicted octanol–water partition coefficient (Wildman–Crippen LogP) is 1.95. The Hall–Kier alpha value is -1.75. The van der Waals surface area contributed by atoms with Crippen molar-refractivity contribution < 1.29 is 14.3 Å². The summed E-state index contributed by atoms with van der Waals surface area (Å²) in [5.41, 5.74) is 6.40. The van der Waals surface area contributed by atoms with Gasteiger partial charge in [0, 0.05) is 12.6 Å². The molecule has 3 N–H and O–H groups in total. The number of nitrogens with one attached hydrogen (secondary N) is 1. The van der Waals surface area contributed by atoms with Crippen molar-refractivity contribution in [1.29, 1.82) is 0 Å². The lowest BCUT2D eigenvalue weighted by Crippen LogP contribution is -2.34. The lowest BCUT2D eigenvalue weighted by molar-refractivity contribution is 0.0939. The number of hydrogen-bond donors (Lipinski definition) is 2. The largest absolute Gasteiger partial charge is 0.497 e. The van der Waals surface area contributed by atoms with E-state index in [2.05, 4.69) is 5.32 Å². The Labute approximate surface area is 125 Å². The number of nitrogens with two attached hydrogens (primary N) is 1. The molecule has 1 aliphatic carbocycles. The van der Waals surface area contributed by atoms with E-state index in [0.717, 1.165) is 25.7 Å². The molecule has 1 fully saturated rings. The Balaban J connectivity index is 1.96. The molecule has 0 bridgehead atoms. The maximum absolute atomic E-state index is 12.3. The van der Waals surface area contributed by atoms with Gasteiger partial charge in [0.15, 0.2) is 0 Å². The van der Waals surface area contributed by atoms with E-state index in [9.17, 15) is 4.79 Å². The lowest BCUT2D eigenvalue weighted by atomic mass is 9.86. The van der Waals surface area contributed by atoms with E-state index in [1.54, 1.807) is 32.4 Å². The first kappa shape index (κ1) is 15.6. The summed E-state index contributed by atoms with van der Waals surface area (Å²) in [7, 11) is 3.13. The highest BCUT2D eigenvalue weighted by Crippen LogP contribution is 2.25. The molecule has 0 aromatic heterocycles. The highest BCUT2D eigenvalue weighted by Gasteiger charge is 2.20. The minimum atomic E-state index is -0.124. The highest BCUT2D eigenvalue weighted by atomic mass is 16.5. The van der Waals surface area contributed by atoms with E-state index in [1.165, 1.54) is 0 Å². The van der Waals surface area contributed by atoms with E-state index in [0.29, 0.717) is 35.6 Å². The number of methoxy groups -OCH3 is 2. The molecule has 0 atom stereocenters. The van der Waals surface area contributed by atoms with Gasteiger partial charge < -0.3 is 20.5 Å². The first-order valence-corrected chi connectivity index (χ1v) is 7.40. The Morgan fingerprint density at radius 1 is 1.24 bits per heavy atom. The Morgan fingerprint density at radius 3 is 2.57 bits per heavy atom. The molecule has 1 aromatic carbocycles. The molecule has 0 unspecified atom stereocenters. The second kappa shape index (κ2) is 7.31. The van der Waals surface area contributed by atoms with Crippen molar-refractivity contribution in [1.82, 2.24) is 5.32 Å². The van der Waals surface area contributed by atoms with Crippen molar-refractivity contribution in [2.75, 3.05) is 20.8 Å². The van der Waals surface area contributed by atoms with Gasteiger partial charge in [-0.05, 0) is 49.8 Å².